The van der Waals surface area contributed by atoms with Crippen molar-refractivity contribution in [2.45, 2.75) is 24.7 Å². The van der Waals surface area contributed by atoms with Gasteiger partial charge in [-0.15, -0.1) is 0 Å². The Morgan fingerprint density at radius 1 is 1.11 bits per heavy atom. The summed E-state index contributed by atoms with van der Waals surface area (Å²) in [6.07, 6.45) is 0.506. The Bertz CT molecular complexity index is 954. The number of ether oxygens (including phenoxy) is 1. The number of fused-ring (bicyclic) bond motifs is 3. The zero-order valence-corrected chi connectivity index (χ0v) is 14.8. The van der Waals surface area contributed by atoms with Crippen molar-refractivity contribution in [2.75, 3.05) is 6.61 Å². The van der Waals surface area contributed by atoms with Crippen molar-refractivity contribution in [3.8, 4) is 0 Å². The fourth-order valence-corrected chi connectivity index (χ4v) is 3.99. The predicted molar refractivity (Wildman–Crippen MR) is 97.3 cm³/mol. The largest absolute Gasteiger partial charge is 0.465 e. The van der Waals surface area contributed by atoms with Gasteiger partial charge in [0.1, 0.15) is 5.92 Å². The summed E-state index contributed by atoms with van der Waals surface area (Å²) in [5, 5.41) is 22.2. The van der Waals surface area contributed by atoms with Crippen molar-refractivity contribution < 1.29 is 24.5 Å². The van der Waals surface area contributed by atoms with Crippen LogP contribution >= 0.6 is 0 Å². The molecule has 0 bridgehead atoms. The highest BCUT2D eigenvalue weighted by Crippen LogP contribution is 2.53. The highest BCUT2D eigenvalue weighted by molar-refractivity contribution is 6.18. The summed E-state index contributed by atoms with van der Waals surface area (Å²) in [4.78, 5) is 29.7. The van der Waals surface area contributed by atoms with Gasteiger partial charge in [0.05, 0.1) is 6.61 Å². The van der Waals surface area contributed by atoms with Gasteiger partial charge in [0, 0.05) is 23.3 Å². The van der Waals surface area contributed by atoms with E-state index in [-0.39, 0.29) is 23.4 Å². The zero-order valence-electron chi connectivity index (χ0n) is 14.8. The average Bonchev–Trinajstić information content (AvgIpc) is 2.97. The van der Waals surface area contributed by atoms with Gasteiger partial charge in [-0.3, -0.25) is 14.6 Å². The molecule has 2 aromatic carbocycles. The molecule has 3 atom stereocenters. The van der Waals surface area contributed by atoms with Crippen LogP contribution in [0.3, 0.4) is 0 Å². The van der Waals surface area contributed by atoms with Gasteiger partial charge in [-0.25, -0.2) is 0 Å². The minimum atomic E-state index is -2.38. The highest BCUT2D eigenvalue weighted by atomic mass is 16.5. The molecular formula is C21H19NO5. The summed E-state index contributed by atoms with van der Waals surface area (Å²) in [5.41, 5.74) is -3.01. The predicted octanol–water partition coefficient (Wildman–Crippen LogP) is 1.64. The van der Waals surface area contributed by atoms with Crippen LogP contribution in [0.5, 0.6) is 0 Å². The van der Waals surface area contributed by atoms with E-state index in [0.717, 1.165) is 5.56 Å². The van der Waals surface area contributed by atoms with E-state index >= 15 is 0 Å². The van der Waals surface area contributed by atoms with Crippen LogP contribution in [0.2, 0.25) is 0 Å². The lowest BCUT2D eigenvalue weighted by Crippen LogP contribution is -2.56. The molecule has 2 aliphatic rings. The second kappa shape index (κ2) is 6.11. The Labute approximate surface area is 156 Å². The molecule has 2 N–H and O–H groups in total. The van der Waals surface area contributed by atoms with Gasteiger partial charge in [0.25, 0.3) is 0 Å². The van der Waals surface area contributed by atoms with E-state index in [1.807, 2.05) is 30.3 Å². The Morgan fingerprint density at radius 3 is 2.52 bits per heavy atom. The van der Waals surface area contributed by atoms with E-state index in [9.17, 15) is 19.8 Å². The number of hydrogen-bond acceptors (Lipinski definition) is 6. The number of hydrogen-bond donors (Lipinski definition) is 2. The minimum Gasteiger partial charge on any atom is -0.465 e. The molecule has 1 heterocycles. The number of Topliss-reactive ketones (excluding diaryl/α,β-unsaturated/α-hetero) is 1. The van der Waals surface area contributed by atoms with Crippen LogP contribution in [-0.2, 0) is 21.7 Å². The number of esters is 1. The van der Waals surface area contributed by atoms with E-state index in [2.05, 4.69) is 4.99 Å². The lowest BCUT2D eigenvalue weighted by molar-refractivity contribution is -0.164. The van der Waals surface area contributed by atoms with Crippen LogP contribution in [0.15, 0.2) is 59.6 Å². The fourth-order valence-electron chi connectivity index (χ4n) is 3.99. The third-order valence-electron chi connectivity index (χ3n) is 5.31. The van der Waals surface area contributed by atoms with Crippen molar-refractivity contribution in [3.63, 3.8) is 0 Å². The van der Waals surface area contributed by atoms with E-state index in [1.165, 1.54) is 19.1 Å². The molecule has 27 heavy (non-hydrogen) atoms. The van der Waals surface area contributed by atoms with Crippen molar-refractivity contribution in [2.24, 2.45) is 10.9 Å². The van der Waals surface area contributed by atoms with Gasteiger partial charge in [-0.2, -0.15) is 0 Å². The molecule has 0 saturated carbocycles. The minimum absolute atomic E-state index is 0.0995. The Balaban J connectivity index is 1.58. The molecule has 2 aromatic rings. The number of rotatable bonds is 4. The monoisotopic (exact) mass is 365 g/mol. The smallest absolute Gasteiger partial charge is 0.318 e. The topological polar surface area (TPSA) is 96.2 Å². The molecule has 0 saturated heterocycles. The summed E-state index contributed by atoms with van der Waals surface area (Å²) in [7, 11) is 0. The zero-order chi connectivity index (χ0) is 19.2. The molecule has 1 aliphatic carbocycles. The number of aliphatic imine (C=N–C) groups is 1. The summed E-state index contributed by atoms with van der Waals surface area (Å²) in [5.74, 6) is -2.84. The number of aliphatic hydroxyl groups is 2. The van der Waals surface area contributed by atoms with Gasteiger partial charge in [-0.1, -0.05) is 54.6 Å². The fraction of sp³-hybridized carbons (Fsp3) is 0.286. The number of ketones is 1. The van der Waals surface area contributed by atoms with E-state index < -0.39 is 29.0 Å². The average molecular weight is 365 g/mol. The normalized spacial score (nSPS) is 28.5. The van der Waals surface area contributed by atoms with Crippen LogP contribution in [0.4, 0.5) is 0 Å². The maximum Gasteiger partial charge on any atom is 0.318 e. The lowest BCUT2D eigenvalue weighted by Gasteiger charge is -2.31. The van der Waals surface area contributed by atoms with Gasteiger partial charge in [0.2, 0.25) is 11.5 Å². The number of carbonyl (C=O) groups is 2. The van der Waals surface area contributed by atoms with Crippen LogP contribution in [0, 0.1) is 5.92 Å². The van der Waals surface area contributed by atoms with E-state index in [0.29, 0.717) is 6.42 Å². The lowest BCUT2D eigenvalue weighted by atomic mass is 9.79. The van der Waals surface area contributed by atoms with Crippen molar-refractivity contribution >= 4 is 17.5 Å². The highest BCUT2D eigenvalue weighted by Gasteiger charge is 2.72. The van der Waals surface area contributed by atoms with Gasteiger partial charge < -0.3 is 14.9 Å². The molecule has 0 fully saturated rings. The van der Waals surface area contributed by atoms with E-state index in [1.54, 1.807) is 12.1 Å². The molecule has 0 amide bonds. The maximum absolute atomic E-state index is 12.9. The number of benzene rings is 2. The van der Waals surface area contributed by atoms with Crippen LogP contribution in [0.25, 0.3) is 0 Å². The second-order valence-electron chi connectivity index (χ2n) is 6.90. The van der Waals surface area contributed by atoms with Crippen LogP contribution in [-0.4, -0.2) is 39.9 Å². The third kappa shape index (κ3) is 2.37. The quantitative estimate of drug-likeness (QED) is 0.803. The molecule has 0 radical (unpaired) electrons. The summed E-state index contributed by atoms with van der Waals surface area (Å²) >= 11 is 0. The molecular weight excluding hydrogens is 346 g/mol. The number of nitrogens with zero attached hydrogens (tertiary/aromatic N) is 1. The van der Waals surface area contributed by atoms with Gasteiger partial charge in [0.15, 0.2) is 5.60 Å². The van der Waals surface area contributed by atoms with Gasteiger partial charge in [-0.05, 0) is 12.5 Å². The Morgan fingerprint density at radius 2 is 1.78 bits per heavy atom. The molecule has 1 unspecified atom stereocenters. The first-order valence-corrected chi connectivity index (χ1v) is 8.75. The molecule has 6 nitrogen and oxygen atoms in total. The Kier molecular flexibility index (Phi) is 3.98. The van der Waals surface area contributed by atoms with Crippen LogP contribution < -0.4 is 0 Å². The number of carbonyl (C=O) groups excluding carboxylic acids is 2. The van der Waals surface area contributed by atoms with Crippen molar-refractivity contribution in [1.29, 1.82) is 0 Å². The first-order valence-electron chi connectivity index (χ1n) is 8.75. The van der Waals surface area contributed by atoms with Gasteiger partial charge >= 0.3 is 5.97 Å². The standard InChI is InChI=1S/C21H19NO5/c1-13-17(19(24)27-12-11-14-7-3-2-4-8-14)20(25)18(23)15-9-5-6-10-16(15)21(20,26)22-13/h2-10,17,25-26H,11-12H2,1H3/t17?,20-,21+/m1/s1. The molecule has 6 heteroatoms. The molecule has 138 valence electrons. The first kappa shape index (κ1) is 17.6. The summed E-state index contributed by atoms with van der Waals surface area (Å²) < 4.78 is 5.32. The third-order valence-corrected chi connectivity index (χ3v) is 5.31. The van der Waals surface area contributed by atoms with Crippen LogP contribution in [0.1, 0.15) is 28.4 Å². The summed E-state index contributed by atoms with van der Waals surface area (Å²) in [6, 6.07) is 15.8. The summed E-state index contributed by atoms with van der Waals surface area (Å²) in [6.45, 7) is 1.61. The Hall–Kier alpha value is -2.83. The maximum atomic E-state index is 12.9. The second-order valence-corrected chi connectivity index (χ2v) is 6.90. The molecule has 0 aromatic heterocycles. The molecule has 1 aliphatic heterocycles. The molecule has 0 spiro atoms. The van der Waals surface area contributed by atoms with Crippen molar-refractivity contribution in [3.05, 3.63) is 71.3 Å². The first-order chi connectivity index (χ1) is 12.9. The SMILES string of the molecule is CC1=N[C@]2(O)c3ccccc3C(=O)[C@]2(O)C1C(=O)OCCc1ccccc1. The molecule has 4 rings (SSSR count). The van der Waals surface area contributed by atoms with E-state index in [4.69, 9.17) is 4.74 Å². The van der Waals surface area contributed by atoms with Crippen molar-refractivity contribution in [1.82, 2.24) is 0 Å².